The highest BCUT2D eigenvalue weighted by atomic mass is 32.3. The molecule has 0 saturated heterocycles. The number of sulfonamides is 4. The lowest BCUT2D eigenvalue weighted by Crippen LogP contribution is -2.71. The van der Waals surface area contributed by atoms with Gasteiger partial charge in [-0.1, -0.05) is 45.4 Å². The van der Waals surface area contributed by atoms with E-state index in [2.05, 4.69) is 0 Å². The molecule has 0 rings (SSSR count). The van der Waals surface area contributed by atoms with Gasteiger partial charge in [0.1, 0.15) is 5.25 Å². The molecule has 1 unspecified atom stereocenters. The number of nitrogens with one attached hydrogen (secondary N) is 4. The number of hydrogen-bond acceptors (Lipinski definition) is 12. The third kappa shape index (κ3) is 10.7. The molecule has 0 heterocycles. The van der Waals surface area contributed by atoms with E-state index < -0.39 is 107 Å². The fourth-order valence-corrected chi connectivity index (χ4v) is 15.3. The summed E-state index contributed by atoms with van der Waals surface area (Å²) in [6.45, 7) is -0.884. The Bertz CT molecular complexity index is 1330. The Hall–Kier alpha value is -2.40. The summed E-state index contributed by atoms with van der Waals surface area (Å²) in [4.78, 5) is 0. The molecule has 0 radical (unpaired) electrons. The minimum absolute atomic E-state index is 0.0928. The van der Waals surface area contributed by atoms with Gasteiger partial charge in [0.2, 0.25) is 10.0 Å². The molecule has 0 aliphatic rings. The molecule has 42 heavy (non-hydrogen) atoms. The van der Waals surface area contributed by atoms with E-state index in [0.29, 0.717) is 12.8 Å². The van der Waals surface area contributed by atoms with Crippen molar-refractivity contribution in [2.45, 2.75) is 86.2 Å². The molecule has 238 valence electrons. The van der Waals surface area contributed by atoms with Gasteiger partial charge in [-0.15, -0.1) is 0 Å². The van der Waals surface area contributed by atoms with Crippen molar-refractivity contribution in [3.05, 3.63) is 0 Å². The molecule has 0 aromatic rings. The summed E-state index contributed by atoms with van der Waals surface area (Å²) in [5.74, 6) is 0. The maximum absolute atomic E-state index is 13.9. The van der Waals surface area contributed by atoms with E-state index in [4.69, 9.17) is 21.0 Å². The van der Waals surface area contributed by atoms with E-state index in [1.165, 1.54) is 0 Å². The van der Waals surface area contributed by atoms with Gasteiger partial charge in [0.25, 0.3) is 30.1 Å². The highest BCUT2D eigenvalue weighted by Crippen LogP contribution is 2.39. The van der Waals surface area contributed by atoms with E-state index in [0.717, 1.165) is 19.3 Å². The van der Waals surface area contributed by atoms with Crippen molar-refractivity contribution in [1.29, 1.82) is 21.0 Å². The molecule has 0 bridgehead atoms. The Kier molecular flexibility index (Phi) is 17.9. The van der Waals surface area contributed by atoms with E-state index in [9.17, 15) is 33.7 Å². The van der Waals surface area contributed by atoms with Crippen molar-refractivity contribution >= 4 is 40.1 Å². The largest absolute Gasteiger partial charge is 0.330 e. The maximum atomic E-state index is 13.9. The molecule has 0 aliphatic heterocycles. The van der Waals surface area contributed by atoms with Gasteiger partial charge in [-0.3, -0.25) is 0 Å². The predicted molar refractivity (Wildman–Crippen MR) is 153 cm³/mol. The first-order valence-corrected chi connectivity index (χ1v) is 19.1. The van der Waals surface area contributed by atoms with Crippen LogP contribution in [0.2, 0.25) is 0 Å². The van der Waals surface area contributed by atoms with Gasteiger partial charge in [-0.25, -0.2) is 52.6 Å². The zero-order valence-electron chi connectivity index (χ0n) is 23.4. The second kappa shape index (κ2) is 19.0. The number of hydrogen-bond donors (Lipinski definition) is 4. The summed E-state index contributed by atoms with van der Waals surface area (Å²) in [6, 6.07) is 6.52. The van der Waals surface area contributed by atoms with Crippen LogP contribution in [0.1, 0.15) is 77.6 Å². The van der Waals surface area contributed by atoms with Gasteiger partial charge >= 0.3 is 3.41 Å². The maximum Gasteiger partial charge on any atom is 0.330 e. The van der Waals surface area contributed by atoms with Gasteiger partial charge in [0.05, 0.1) is 24.3 Å². The zero-order chi connectivity index (χ0) is 32.3. The van der Waals surface area contributed by atoms with Crippen LogP contribution in [0.15, 0.2) is 0 Å². The average Bonchev–Trinajstić information content (AvgIpc) is 2.89. The van der Waals surface area contributed by atoms with Crippen LogP contribution in [-0.4, -0.2) is 68.5 Å². The summed E-state index contributed by atoms with van der Waals surface area (Å²) in [7, 11) is -22.4. The molecule has 0 spiro atoms. The number of nitrogens with zero attached hydrogens (tertiary/aromatic N) is 4. The Morgan fingerprint density at radius 2 is 0.881 bits per heavy atom. The smallest absolute Gasteiger partial charge is 0.214 e. The first kappa shape index (κ1) is 39.6. The minimum atomic E-state index is -5.76. The van der Waals surface area contributed by atoms with Gasteiger partial charge in [-0.05, 0) is 6.42 Å². The first-order valence-electron chi connectivity index (χ1n) is 13.1. The molecule has 20 heteroatoms. The quantitative estimate of drug-likeness (QED) is 0.0994. The molecule has 0 aromatic carbocycles. The van der Waals surface area contributed by atoms with E-state index >= 15 is 0 Å². The van der Waals surface area contributed by atoms with Crippen LogP contribution in [0.3, 0.4) is 0 Å². The molecule has 4 N–H and O–H groups in total. The van der Waals surface area contributed by atoms with Gasteiger partial charge < -0.3 is 0 Å². The third-order valence-corrected chi connectivity index (χ3v) is 17.0. The number of unbranched alkanes of at least 4 members (excludes halogenated alkanes) is 5. The summed E-state index contributed by atoms with van der Waals surface area (Å²) in [5, 5.41) is 32.9. The standard InChI is InChI=1S/C22H38N8O8S4/c1-2-3-4-5-6-7-12-21(39(31,32)27-17-8-13-23)22(40(33,34)28-18-9-14-24,41(35,36)29-19-10-15-25)42(37,38)30-20-11-16-26/h21,27-30H,2-12,17-20H2,1H3. The van der Waals surface area contributed by atoms with E-state index in [1.807, 2.05) is 11.6 Å². The van der Waals surface area contributed by atoms with Gasteiger partial charge in [0.15, 0.2) is 0 Å². The monoisotopic (exact) mass is 670 g/mol. The third-order valence-electron chi connectivity index (χ3n) is 5.84. The normalized spacial score (nSPS) is 13.4. The van der Waals surface area contributed by atoms with E-state index in [-0.39, 0.29) is 6.42 Å². The topological polar surface area (TPSA) is 280 Å². The zero-order valence-corrected chi connectivity index (χ0v) is 26.6. The first-order chi connectivity index (χ1) is 19.7. The summed E-state index contributed by atoms with van der Waals surface area (Å²) in [6.07, 6.45) is 0.558. The van der Waals surface area contributed by atoms with Crippen molar-refractivity contribution in [1.82, 2.24) is 18.9 Å². The van der Waals surface area contributed by atoms with Gasteiger partial charge in [0, 0.05) is 51.9 Å². The molecule has 16 nitrogen and oxygen atoms in total. The molecule has 0 fully saturated rings. The molecule has 0 amide bonds. The molecular weight excluding hydrogens is 633 g/mol. The van der Waals surface area contributed by atoms with Crippen LogP contribution < -0.4 is 18.9 Å². The van der Waals surface area contributed by atoms with Crippen LogP contribution in [0.25, 0.3) is 0 Å². The number of nitriles is 4. The Balaban J connectivity index is 7.67. The highest BCUT2D eigenvalue weighted by Gasteiger charge is 2.72. The Morgan fingerprint density at radius 1 is 0.548 bits per heavy atom. The van der Waals surface area contributed by atoms with Crippen LogP contribution in [0.5, 0.6) is 0 Å². The summed E-state index contributed by atoms with van der Waals surface area (Å²) in [5.41, 5.74) is 0. The fourth-order valence-electron chi connectivity index (χ4n) is 3.96. The second-order valence-corrected chi connectivity index (χ2v) is 17.5. The molecule has 0 saturated carbocycles. The van der Waals surface area contributed by atoms with E-state index in [1.54, 1.807) is 38.4 Å². The second-order valence-electron chi connectivity index (χ2n) is 8.91. The molecule has 1 atom stereocenters. The molecular formula is C22H38N8O8S4. The van der Waals surface area contributed by atoms with Crippen molar-refractivity contribution in [3.63, 3.8) is 0 Å². The SMILES string of the molecule is CCCCCCCCC(C(S(=O)(=O)NCCC#N)(S(=O)(=O)NCCC#N)S(=O)(=O)NCCC#N)S(=O)(=O)NCCC#N. The van der Waals surface area contributed by atoms with Crippen LogP contribution in [0, 0.1) is 45.3 Å². The lowest BCUT2D eigenvalue weighted by molar-refractivity contribution is 0.492. The molecule has 0 aromatic heterocycles. The van der Waals surface area contributed by atoms with Crippen molar-refractivity contribution in [2.75, 3.05) is 26.2 Å². The lowest BCUT2D eigenvalue weighted by atomic mass is 10.1. The number of rotatable bonds is 24. The Morgan fingerprint density at radius 3 is 1.24 bits per heavy atom. The minimum Gasteiger partial charge on any atom is -0.214 e. The van der Waals surface area contributed by atoms with Crippen molar-refractivity contribution in [2.24, 2.45) is 0 Å². The van der Waals surface area contributed by atoms with Gasteiger partial charge in [-0.2, -0.15) is 21.0 Å². The highest BCUT2D eigenvalue weighted by molar-refractivity contribution is 8.25. The predicted octanol–water partition coefficient (Wildman–Crippen LogP) is 0.0917. The Labute approximate surface area is 249 Å². The molecule has 0 aliphatic carbocycles. The van der Waals surface area contributed by atoms with Crippen molar-refractivity contribution < 1.29 is 33.7 Å². The van der Waals surface area contributed by atoms with Crippen molar-refractivity contribution in [3.8, 4) is 24.3 Å². The van der Waals surface area contributed by atoms with Crippen LogP contribution >= 0.6 is 0 Å². The lowest BCUT2D eigenvalue weighted by Gasteiger charge is -2.38. The average molecular weight is 671 g/mol. The van der Waals surface area contributed by atoms with Crippen LogP contribution in [0.4, 0.5) is 0 Å². The van der Waals surface area contributed by atoms with Crippen LogP contribution in [-0.2, 0) is 40.1 Å². The summed E-state index contributed by atoms with van der Waals surface area (Å²) >= 11 is 0. The fraction of sp³-hybridized carbons (Fsp3) is 0.818. The summed E-state index contributed by atoms with van der Waals surface area (Å²) < 4.78 is 114.